The normalized spacial score (nSPS) is 12.0. The molecular formula is C17H25N3O. The standard InChI is InChI=1S/C17H25N3O/c1-17(2,3)19-11-16-15(7-9-21-16)13-20(4)12-14-6-5-8-18-10-14/h5-10,19H,11-13H2,1-4H3. The van der Waals surface area contributed by atoms with Gasteiger partial charge >= 0.3 is 0 Å². The van der Waals surface area contributed by atoms with Crippen molar-refractivity contribution in [2.45, 2.75) is 45.9 Å². The summed E-state index contributed by atoms with van der Waals surface area (Å²) < 4.78 is 5.61. The number of furan rings is 1. The van der Waals surface area contributed by atoms with Gasteiger partial charge in [-0.1, -0.05) is 6.07 Å². The first-order valence-corrected chi connectivity index (χ1v) is 7.32. The van der Waals surface area contributed by atoms with Gasteiger partial charge in [0.15, 0.2) is 0 Å². The Morgan fingerprint density at radius 3 is 2.71 bits per heavy atom. The first-order chi connectivity index (χ1) is 9.94. The summed E-state index contributed by atoms with van der Waals surface area (Å²) in [7, 11) is 2.11. The third kappa shape index (κ3) is 5.33. The van der Waals surface area contributed by atoms with Gasteiger partial charge in [0.1, 0.15) is 5.76 Å². The summed E-state index contributed by atoms with van der Waals surface area (Å²) in [5, 5.41) is 3.47. The number of nitrogens with one attached hydrogen (secondary N) is 1. The highest BCUT2D eigenvalue weighted by Gasteiger charge is 2.13. The fourth-order valence-electron chi connectivity index (χ4n) is 2.16. The second-order valence-corrected chi connectivity index (χ2v) is 6.51. The topological polar surface area (TPSA) is 41.3 Å². The molecule has 2 heterocycles. The van der Waals surface area contributed by atoms with Crippen molar-refractivity contribution in [2.75, 3.05) is 7.05 Å². The molecule has 0 saturated carbocycles. The molecule has 4 heteroatoms. The summed E-state index contributed by atoms with van der Waals surface area (Å²) in [6.45, 7) is 8.97. The molecule has 0 aliphatic carbocycles. The molecule has 1 N–H and O–H groups in total. The summed E-state index contributed by atoms with van der Waals surface area (Å²) >= 11 is 0. The van der Waals surface area contributed by atoms with Crippen molar-refractivity contribution in [2.24, 2.45) is 0 Å². The Kier molecular flexibility index (Phi) is 5.15. The Balaban J connectivity index is 1.92. The lowest BCUT2D eigenvalue weighted by molar-refractivity contribution is 0.312. The Hall–Kier alpha value is -1.65. The Bertz CT molecular complexity index is 543. The zero-order valence-corrected chi connectivity index (χ0v) is 13.4. The van der Waals surface area contributed by atoms with Gasteiger partial charge in [0.25, 0.3) is 0 Å². The van der Waals surface area contributed by atoms with Gasteiger partial charge in [0.2, 0.25) is 0 Å². The molecule has 2 aromatic heterocycles. The van der Waals surface area contributed by atoms with Crippen molar-refractivity contribution in [3.05, 3.63) is 53.7 Å². The molecule has 2 rings (SSSR count). The zero-order valence-electron chi connectivity index (χ0n) is 13.4. The van der Waals surface area contributed by atoms with E-state index in [9.17, 15) is 0 Å². The lowest BCUT2D eigenvalue weighted by Gasteiger charge is -2.21. The lowest BCUT2D eigenvalue weighted by atomic mass is 10.1. The van der Waals surface area contributed by atoms with E-state index >= 15 is 0 Å². The van der Waals surface area contributed by atoms with Gasteiger partial charge < -0.3 is 9.73 Å². The fourth-order valence-corrected chi connectivity index (χ4v) is 2.16. The quantitative estimate of drug-likeness (QED) is 0.886. The van der Waals surface area contributed by atoms with E-state index in [4.69, 9.17) is 4.42 Å². The predicted molar refractivity (Wildman–Crippen MR) is 84.7 cm³/mol. The van der Waals surface area contributed by atoms with Crippen molar-refractivity contribution in [3.8, 4) is 0 Å². The van der Waals surface area contributed by atoms with Crippen LogP contribution in [0.25, 0.3) is 0 Å². The molecule has 0 aromatic carbocycles. The number of aromatic nitrogens is 1. The van der Waals surface area contributed by atoms with Gasteiger partial charge in [-0.25, -0.2) is 0 Å². The fraction of sp³-hybridized carbons (Fsp3) is 0.471. The first kappa shape index (κ1) is 15.7. The van der Waals surface area contributed by atoms with E-state index in [0.29, 0.717) is 0 Å². The van der Waals surface area contributed by atoms with Crippen LogP contribution in [0.2, 0.25) is 0 Å². The Labute approximate surface area is 127 Å². The van der Waals surface area contributed by atoms with Crippen LogP contribution in [0.15, 0.2) is 41.3 Å². The van der Waals surface area contributed by atoms with E-state index in [1.54, 1.807) is 12.5 Å². The summed E-state index contributed by atoms with van der Waals surface area (Å²) in [5.41, 5.74) is 2.54. The Morgan fingerprint density at radius 2 is 2.05 bits per heavy atom. The molecule has 0 unspecified atom stereocenters. The second kappa shape index (κ2) is 6.87. The molecule has 0 radical (unpaired) electrons. The maximum absolute atomic E-state index is 5.61. The molecule has 0 atom stereocenters. The molecule has 0 saturated heterocycles. The molecule has 2 aromatic rings. The van der Waals surface area contributed by atoms with Crippen molar-refractivity contribution in [3.63, 3.8) is 0 Å². The summed E-state index contributed by atoms with van der Waals surface area (Å²) in [4.78, 5) is 6.42. The number of hydrogen-bond donors (Lipinski definition) is 1. The van der Waals surface area contributed by atoms with Gasteiger partial charge in [-0.2, -0.15) is 0 Å². The molecule has 0 fully saturated rings. The molecule has 0 bridgehead atoms. The van der Waals surface area contributed by atoms with Crippen LogP contribution in [0.5, 0.6) is 0 Å². The van der Waals surface area contributed by atoms with Crippen LogP contribution in [-0.4, -0.2) is 22.5 Å². The minimum atomic E-state index is 0.0890. The van der Waals surface area contributed by atoms with Crippen LogP contribution in [0.3, 0.4) is 0 Å². The molecule has 21 heavy (non-hydrogen) atoms. The third-order valence-corrected chi connectivity index (χ3v) is 3.23. The van der Waals surface area contributed by atoms with Crippen LogP contribution in [0, 0.1) is 0 Å². The second-order valence-electron chi connectivity index (χ2n) is 6.51. The molecular weight excluding hydrogens is 262 g/mol. The van der Waals surface area contributed by atoms with E-state index < -0.39 is 0 Å². The highest BCUT2D eigenvalue weighted by molar-refractivity contribution is 5.17. The number of hydrogen-bond acceptors (Lipinski definition) is 4. The minimum absolute atomic E-state index is 0.0890. The Morgan fingerprint density at radius 1 is 1.24 bits per heavy atom. The smallest absolute Gasteiger partial charge is 0.122 e. The maximum atomic E-state index is 5.61. The summed E-state index contributed by atoms with van der Waals surface area (Å²) in [5.74, 6) is 1.02. The minimum Gasteiger partial charge on any atom is -0.468 e. The number of pyridine rings is 1. The average Bonchev–Trinajstić information content (AvgIpc) is 2.84. The molecule has 0 amide bonds. The van der Waals surface area contributed by atoms with E-state index in [1.165, 1.54) is 11.1 Å². The SMILES string of the molecule is CN(Cc1cccnc1)Cc1ccoc1CNC(C)(C)C. The van der Waals surface area contributed by atoms with E-state index in [2.05, 4.69) is 55.2 Å². The third-order valence-electron chi connectivity index (χ3n) is 3.23. The molecule has 0 aliphatic heterocycles. The van der Waals surface area contributed by atoms with Crippen LogP contribution >= 0.6 is 0 Å². The first-order valence-electron chi connectivity index (χ1n) is 7.32. The average molecular weight is 287 g/mol. The van der Waals surface area contributed by atoms with Crippen molar-refractivity contribution < 1.29 is 4.42 Å². The predicted octanol–water partition coefficient (Wildman–Crippen LogP) is 3.19. The number of nitrogens with zero attached hydrogens (tertiary/aromatic N) is 2. The van der Waals surface area contributed by atoms with Crippen LogP contribution in [-0.2, 0) is 19.6 Å². The van der Waals surface area contributed by atoms with Gasteiger partial charge in [0, 0.05) is 36.6 Å². The number of rotatable bonds is 6. The molecule has 4 nitrogen and oxygen atoms in total. The van der Waals surface area contributed by atoms with E-state index in [0.717, 1.165) is 25.4 Å². The van der Waals surface area contributed by atoms with Gasteiger partial charge in [-0.15, -0.1) is 0 Å². The highest BCUT2D eigenvalue weighted by atomic mass is 16.3. The highest BCUT2D eigenvalue weighted by Crippen LogP contribution is 2.15. The molecule has 114 valence electrons. The molecule has 0 spiro atoms. The largest absolute Gasteiger partial charge is 0.468 e. The van der Waals surface area contributed by atoms with Crippen LogP contribution in [0.4, 0.5) is 0 Å². The van der Waals surface area contributed by atoms with Crippen molar-refractivity contribution in [1.29, 1.82) is 0 Å². The van der Waals surface area contributed by atoms with E-state index in [1.807, 2.05) is 12.3 Å². The summed E-state index contributed by atoms with van der Waals surface area (Å²) in [6, 6.07) is 6.13. The zero-order chi connectivity index (χ0) is 15.3. The van der Waals surface area contributed by atoms with Crippen molar-refractivity contribution in [1.82, 2.24) is 15.2 Å². The monoisotopic (exact) mass is 287 g/mol. The van der Waals surface area contributed by atoms with Crippen LogP contribution < -0.4 is 5.32 Å². The van der Waals surface area contributed by atoms with E-state index in [-0.39, 0.29) is 5.54 Å². The van der Waals surface area contributed by atoms with Gasteiger partial charge in [0.05, 0.1) is 12.8 Å². The summed E-state index contributed by atoms with van der Waals surface area (Å²) in [6.07, 6.45) is 5.48. The van der Waals surface area contributed by atoms with Crippen LogP contribution in [0.1, 0.15) is 37.7 Å². The molecule has 0 aliphatic rings. The van der Waals surface area contributed by atoms with Crippen molar-refractivity contribution >= 4 is 0 Å². The maximum Gasteiger partial charge on any atom is 0.122 e. The lowest BCUT2D eigenvalue weighted by Crippen LogP contribution is -2.35. The van der Waals surface area contributed by atoms with Gasteiger partial charge in [-0.05, 0) is 45.5 Å². The van der Waals surface area contributed by atoms with Gasteiger partial charge in [-0.3, -0.25) is 9.88 Å².